The van der Waals surface area contributed by atoms with Crippen LogP contribution in [0, 0.1) is 106 Å². The lowest BCUT2D eigenvalue weighted by Gasteiger charge is -2.60. The largest absolute Gasteiger partial charge is 0.461 e. The molecule has 18 bridgehead atoms. The van der Waals surface area contributed by atoms with Crippen LogP contribution in [-0.4, -0.2) is 153 Å². The monoisotopic (exact) mass is 1940 g/mol. The molecule has 22 rings (SSSR count). The van der Waals surface area contributed by atoms with Crippen molar-refractivity contribution in [2.75, 3.05) is 0 Å². The molecule has 0 N–H and O–H groups in total. The van der Waals surface area contributed by atoms with Gasteiger partial charge in [0.15, 0.2) is 0 Å². The molecule has 38 heteroatoms. The lowest BCUT2D eigenvalue weighted by Crippen LogP contribution is -2.75. The van der Waals surface area contributed by atoms with Gasteiger partial charge in [0.05, 0.1) is 0 Å². The minimum Gasteiger partial charge on any atom is -0.461 e. The zero-order chi connectivity index (χ0) is 96.7. The number of ether oxygens (including phenoxy) is 8. The fourth-order valence-corrected chi connectivity index (χ4v) is 30.1. The molecule has 22 saturated carbocycles. The van der Waals surface area contributed by atoms with Gasteiger partial charge in [0.1, 0.15) is 45.8 Å². The minimum absolute atomic E-state index is 0.0549. The molecule has 0 aliphatic heterocycles. The number of hydrogen-bond acceptors (Lipinski definition) is 16. The van der Waals surface area contributed by atoms with E-state index in [2.05, 4.69) is 9.47 Å². The first-order valence-electron chi connectivity index (χ1n) is 48.9. The van der Waals surface area contributed by atoms with Crippen LogP contribution in [0.3, 0.4) is 0 Å². The number of hydrogen-bond donors (Lipinski definition) is 0. The highest BCUT2D eigenvalue weighted by atomic mass is 19.4. The smallest absolute Gasteiger partial charge is 0.435 e. The number of alkyl halides is 22. The fourth-order valence-electron chi connectivity index (χ4n) is 30.1. The molecule has 22 aliphatic rings. The Bertz CT molecular complexity index is 4110. The molecule has 0 radical (unpaired) electrons. The molecule has 16 nitrogen and oxygen atoms in total. The second kappa shape index (κ2) is 36.4. The number of unbranched alkanes of at least 4 members (excludes halogenated alkanes) is 1. The average molecular weight is 1940 g/mol. The van der Waals surface area contributed by atoms with Gasteiger partial charge >= 0.3 is 113 Å². The second-order valence-electron chi connectivity index (χ2n) is 44.4. The summed E-state index contributed by atoms with van der Waals surface area (Å²) in [4.78, 5) is 99.7. The summed E-state index contributed by atoms with van der Waals surface area (Å²) in [6.07, 6.45) is 4.47. The minimum atomic E-state index is -7.27. The van der Waals surface area contributed by atoms with Gasteiger partial charge in [0, 0.05) is 0 Å². The van der Waals surface area contributed by atoms with Gasteiger partial charge in [0.25, 0.3) is 0 Å². The van der Waals surface area contributed by atoms with E-state index >= 15 is 4.39 Å². The van der Waals surface area contributed by atoms with Crippen LogP contribution in [0.25, 0.3) is 0 Å². The molecular weight excluding hydrogens is 1810 g/mol. The summed E-state index contributed by atoms with van der Waals surface area (Å²) in [6, 6.07) is 0. The van der Waals surface area contributed by atoms with E-state index < -0.39 is 159 Å². The van der Waals surface area contributed by atoms with Crippen LogP contribution in [0.1, 0.15) is 329 Å². The Morgan fingerprint density at radius 2 is 0.662 bits per heavy atom. The maximum absolute atomic E-state index is 15.6. The first-order chi connectivity index (χ1) is 61.9. The van der Waals surface area contributed by atoms with Crippen LogP contribution >= 0.6 is 0 Å². The summed E-state index contributed by atoms with van der Waals surface area (Å²) < 4.78 is 359. The summed E-state index contributed by atoms with van der Waals surface area (Å²) in [5, 5.41) is 0. The Kier molecular flexibility index (Phi) is 27.8. The molecule has 4 atom stereocenters. The maximum atomic E-state index is 15.6. The topological polar surface area (TPSA) is 210 Å². The quantitative estimate of drug-likeness (QED) is 0.0472. The number of esters is 8. The van der Waals surface area contributed by atoms with E-state index in [-0.39, 0.29) is 93.3 Å². The molecule has 0 spiro atoms. The number of carbonyl (C=O) groups excluding carboxylic acids is 8. The summed E-state index contributed by atoms with van der Waals surface area (Å²) in [5.41, 5.74) is -21.3. The van der Waals surface area contributed by atoms with E-state index in [1.54, 1.807) is 6.92 Å². The van der Waals surface area contributed by atoms with E-state index in [9.17, 15) is 131 Å². The van der Waals surface area contributed by atoms with Crippen molar-refractivity contribution in [3.8, 4) is 0 Å². The van der Waals surface area contributed by atoms with Crippen LogP contribution in [0.15, 0.2) is 0 Å². The average Bonchev–Trinajstić information content (AvgIpc) is 1.13. The Balaban J connectivity index is 0.000000135. The Morgan fingerprint density at radius 1 is 0.301 bits per heavy atom. The molecule has 0 saturated heterocycles. The second-order valence-corrected chi connectivity index (χ2v) is 44.4. The van der Waals surface area contributed by atoms with Gasteiger partial charge in [-0.1, -0.05) is 46.0 Å². The molecule has 22 aliphatic carbocycles. The number of halogens is 22. The molecule has 0 heterocycles. The van der Waals surface area contributed by atoms with Crippen molar-refractivity contribution in [3.63, 3.8) is 0 Å². The third-order valence-corrected chi connectivity index (χ3v) is 35.8. The standard InChI is InChI=1S/C25H32F4O4.2C25H34F4O4.C20H24F10O4/c1-22(18-6-13-2-14(8-18)9-19(22)7-13)32-20(30)24(26,27)25(28,29)21(31)33-23-10-15-3-16(11-23)5-17(4-15)12-23;26-24(27,20(30)32-22-13-16-10-17(14-22)12-18(11-16)15-22)25(28,29)21(31)33-23(8-4-1-5-9-23)19-6-2-3-7-19;1-2-3-6-23(18-9-15-7-16(11-18)12-19(23)10-15)33-22(31)25(28,29)24(26,27)21(30)32-20-13-14-4-5-17(20)8-14;1-2-15(10-6-3-7-11-15)34-14(32)17(21,20(28,29)30)16(18(22,23)24,19(25,26)27)13(31)33-12-8-4-5-9-12/h13-19H,2-12H2,1H3;16-19H,1-15H2;14-20H,2-13H2,1H3;12H,2-11H2,1H3. The summed E-state index contributed by atoms with van der Waals surface area (Å²) in [5.74, 6) is -48.9. The summed E-state index contributed by atoms with van der Waals surface area (Å²) >= 11 is 0. The summed E-state index contributed by atoms with van der Waals surface area (Å²) in [6.45, 7) is 4.85. The lowest BCUT2D eigenvalue weighted by molar-refractivity contribution is -0.400. The van der Waals surface area contributed by atoms with Crippen molar-refractivity contribution in [2.24, 2.45) is 106 Å². The molecule has 0 aromatic rings. The lowest BCUT2D eigenvalue weighted by atomic mass is 9.49. The van der Waals surface area contributed by atoms with Crippen molar-refractivity contribution in [3.05, 3.63) is 0 Å². The van der Waals surface area contributed by atoms with E-state index in [1.807, 2.05) is 6.92 Å². The highest BCUT2D eigenvalue weighted by Gasteiger charge is 2.96. The van der Waals surface area contributed by atoms with Crippen LogP contribution in [0.2, 0.25) is 0 Å². The molecule has 22 fully saturated rings. The maximum Gasteiger partial charge on any atom is 0.435 e. The molecule has 4 unspecified atom stereocenters. The van der Waals surface area contributed by atoms with Crippen LogP contribution in [0.4, 0.5) is 96.6 Å². The van der Waals surface area contributed by atoms with Gasteiger partial charge in [-0.25, -0.2) is 38.0 Å². The van der Waals surface area contributed by atoms with Gasteiger partial charge in [-0.05, 0) is 384 Å². The molecular formula is C95H124F22O16. The third-order valence-electron chi connectivity index (χ3n) is 35.8. The van der Waals surface area contributed by atoms with Crippen molar-refractivity contribution in [1.29, 1.82) is 0 Å². The Hall–Kier alpha value is -5.78. The van der Waals surface area contributed by atoms with Crippen molar-refractivity contribution in [1.82, 2.24) is 0 Å². The first-order valence-corrected chi connectivity index (χ1v) is 48.9. The van der Waals surface area contributed by atoms with Crippen LogP contribution in [-0.2, 0) is 76.3 Å². The van der Waals surface area contributed by atoms with Gasteiger partial charge in [-0.2, -0.15) is 92.2 Å². The van der Waals surface area contributed by atoms with Gasteiger partial charge in [0.2, 0.25) is 0 Å². The van der Waals surface area contributed by atoms with Gasteiger partial charge in [-0.3, -0.25) is 4.79 Å². The molecule has 0 aromatic carbocycles. The van der Waals surface area contributed by atoms with Crippen molar-refractivity contribution >= 4 is 47.8 Å². The van der Waals surface area contributed by atoms with Gasteiger partial charge < -0.3 is 37.9 Å². The molecule has 133 heavy (non-hydrogen) atoms. The Labute approximate surface area is 758 Å². The highest BCUT2D eigenvalue weighted by Crippen LogP contribution is 2.68. The van der Waals surface area contributed by atoms with Crippen LogP contribution < -0.4 is 0 Å². The van der Waals surface area contributed by atoms with Crippen molar-refractivity contribution in [2.45, 2.75) is 435 Å². The predicted octanol–water partition coefficient (Wildman–Crippen LogP) is 24.2. The number of fused-ring (bicyclic) bond motifs is 2. The molecule has 0 aromatic heterocycles. The SMILES string of the molecule is CC1(OC(=O)C(F)(F)C(F)(F)C(=O)OC23CC4CC(CC(C4)C2)C3)C2CC3CC(C2)CC1C3.CCC1(OC(=O)C(F)(C(F)(F)F)C(C(=O)OC2CCCC2)(C(F)(F)F)C(F)(F)F)CCCCC1.CCCCC1(OC(=O)C(F)(F)C(F)(F)C(=O)OC2CC3CCC2C3)C2CC3CC(C2)CC1C3.O=C(OC12CC3CC(CC(C3)C1)C2)C(F)(F)C(F)(F)C(=O)OC1(C2CCCC2)CCCCC1. The number of carbonyl (C=O) groups is 8. The number of rotatable bonds is 25. The van der Waals surface area contributed by atoms with E-state index in [0.29, 0.717) is 155 Å². The van der Waals surface area contributed by atoms with Crippen molar-refractivity contribution < 1.29 is 173 Å². The normalized spacial score (nSPS) is 36.7. The summed E-state index contributed by atoms with van der Waals surface area (Å²) in [7, 11) is 0. The Morgan fingerprint density at radius 3 is 1.03 bits per heavy atom. The van der Waals surface area contributed by atoms with Gasteiger partial charge in [-0.15, -0.1) is 0 Å². The van der Waals surface area contributed by atoms with E-state index in [1.165, 1.54) is 6.92 Å². The predicted molar refractivity (Wildman–Crippen MR) is 425 cm³/mol. The highest BCUT2D eigenvalue weighted by molar-refractivity contribution is 5.94. The molecule has 0 amide bonds. The van der Waals surface area contributed by atoms with E-state index in [0.717, 1.165) is 161 Å². The van der Waals surface area contributed by atoms with Crippen LogP contribution in [0.5, 0.6) is 0 Å². The zero-order valence-electron chi connectivity index (χ0n) is 75.3. The fraction of sp³-hybridized carbons (Fsp3) is 0.916. The molecule has 754 valence electrons. The van der Waals surface area contributed by atoms with E-state index in [4.69, 9.17) is 28.4 Å². The third kappa shape index (κ3) is 18.3. The first kappa shape index (κ1) is 102. The zero-order valence-corrected chi connectivity index (χ0v) is 75.3.